The van der Waals surface area contributed by atoms with Crippen molar-refractivity contribution < 1.29 is 19.8 Å². The summed E-state index contributed by atoms with van der Waals surface area (Å²) in [7, 11) is 3.22. The molecule has 0 saturated heterocycles. The Hall–Kier alpha value is -1.14. The summed E-state index contributed by atoms with van der Waals surface area (Å²) in [4.78, 5) is 19.7. The lowest BCUT2D eigenvalue weighted by atomic mass is 10.4. The number of nitrogens with one attached hydrogen (secondary N) is 2. The SMILES string of the molecule is CN[C@H](C)C(=O)O.CN[C@H](C)C(=O)O. The summed E-state index contributed by atoms with van der Waals surface area (Å²) in [6.45, 7) is 3.17. The van der Waals surface area contributed by atoms with Gasteiger partial charge in [-0.1, -0.05) is 0 Å². The Morgan fingerprint density at radius 2 is 1.14 bits per heavy atom. The molecular formula is C8H18N2O4. The summed E-state index contributed by atoms with van der Waals surface area (Å²) < 4.78 is 0. The maximum absolute atomic E-state index is 9.87. The fraction of sp³-hybridized carbons (Fsp3) is 0.750. The van der Waals surface area contributed by atoms with Crippen molar-refractivity contribution in [2.45, 2.75) is 25.9 Å². The first-order chi connectivity index (χ1) is 6.36. The van der Waals surface area contributed by atoms with Crippen LogP contribution in [0.4, 0.5) is 0 Å². The van der Waals surface area contributed by atoms with Gasteiger partial charge >= 0.3 is 11.9 Å². The van der Waals surface area contributed by atoms with Crippen LogP contribution < -0.4 is 10.6 Å². The first-order valence-corrected chi connectivity index (χ1v) is 4.16. The average Bonchev–Trinajstić information content (AvgIpc) is 2.15. The molecule has 0 aliphatic carbocycles. The number of hydrogen-bond donors (Lipinski definition) is 4. The molecule has 0 unspecified atom stereocenters. The maximum Gasteiger partial charge on any atom is 0.320 e. The van der Waals surface area contributed by atoms with Gasteiger partial charge in [0.25, 0.3) is 0 Å². The topological polar surface area (TPSA) is 98.7 Å². The van der Waals surface area contributed by atoms with Crippen LogP contribution in [0.3, 0.4) is 0 Å². The van der Waals surface area contributed by atoms with Gasteiger partial charge in [0.05, 0.1) is 0 Å². The summed E-state index contributed by atoms with van der Waals surface area (Å²) in [5, 5.41) is 21.4. The largest absolute Gasteiger partial charge is 0.480 e. The molecule has 84 valence electrons. The van der Waals surface area contributed by atoms with Crippen molar-refractivity contribution >= 4 is 11.9 Å². The van der Waals surface area contributed by atoms with E-state index in [2.05, 4.69) is 10.6 Å². The van der Waals surface area contributed by atoms with E-state index in [1.807, 2.05) is 0 Å². The van der Waals surface area contributed by atoms with Gasteiger partial charge < -0.3 is 20.8 Å². The van der Waals surface area contributed by atoms with Crippen molar-refractivity contribution in [3.05, 3.63) is 0 Å². The third kappa shape index (κ3) is 8.95. The minimum absolute atomic E-state index is 0.431. The Bertz CT molecular complexity index is 164. The van der Waals surface area contributed by atoms with E-state index in [0.29, 0.717) is 0 Å². The van der Waals surface area contributed by atoms with Crippen molar-refractivity contribution in [3.8, 4) is 0 Å². The molecular weight excluding hydrogens is 188 g/mol. The van der Waals surface area contributed by atoms with Crippen LogP contribution in [0, 0.1) is 0 Å². The Labute approximate surface area is 83.3 Å². The molecule has 0 aromatic heterocycles. The van der Waals surface area contributed by atoms with E-state index < -0.39 is 24.0 Å². The van der Waals surface area contributed by atoms with E-state index in [1.54, 1.807) is 27.9 Å². The molecule has 0 rings (SSSR count). The lowest BCUT2D eigenvalue weighted by Crippen LogP contribution is -2.29. The van der Waals surface area contributed by atoms with Crippen molar-refractivity contribution in [2.75, 3.05) is 14.1 Å². The first-order valence-electron chi connectivity index (χ1n) is 4.16. The number of likely N-dealkylation sites (N-methyl/N-ethyl adjacent to an activating group) is 2. The van der Waals surface area contributed by atoms with Crippen molar-refractivity contribution in [2.24, 2.45) is 0 Å². The van der Waals surface area contributed by atoms with E-state index in [0.717, 1.165) is 0 Å². The predicted molar refractivity (Wildman–Crippen MR) is 52.3 cm³/mol. The van der Waals surface area contributed by atoms with Crippen LogP contribution in [-0.4, -0.2) is 48.3 Å². The molecule has 0 heterocycles. The summed E-state index contributed by atoms with van der Waals surface area (Å²) >= 11 is 0. The fourth-order valence-corrected chi connectivity index (χ4v) is 0.247. The monoisotopic (exact) mass is 206 g/mol. The molecule has 0 aromatic rings. The molecule has 0 aliphatic heterocycles. The highest BCUT2D eigenvalue weighted by Crippen LogP contribution is 1.75. The highest BCUT2D eigenvalue weighted by atomic mass is 16.4. The molecule has 0 saturated carbocycles. The second-order valence-electron chi connectivity index (χ2n) is 2.70. The molecule has 4 N–H and O–H groups in total. The predicted octanol–water partition coefficient (Wildman–Crippen LogP) is -0.642. The smallest absolute Gasteiger partial charge is 0.320 e. The maximum atomic E-state index is 9.87. The number of carboxylic acid groups (broad SMARTS) is 2. The van der Waals surface area contributed by atoms with Gasteiger partial charge in [0.15, 0.2) is 0 Å². The van der Waals surface area contributed by atoms with Crippen LogP contribution in [0.2, 0.25) is 0 Å². The first kappa shape index (κ1) is 15.3. The number of hydrogen-bond acceptors (Lipinski definition) is 4. The van der Waals surface area contributed by atoms with E-state index in [1.165, 1.54) is 0 Å². The molecule has 0 spiro atoms. The zero-order valence-electron chi connectivity index (χ0n) is 8.87. The second-order valence-corrected chi connectivity index (χ2v) is 2.70. The highest BCUT2D eigenvalue weighted by Gasteiger charge is 2.04. The van der Waals surface area contributed by atoms with Gasteiger partial charge in [-0.2, -0.15) is 0 Å². The molecule has 0 amide bonds. The second kappa shape index (κ2) is 8.46. The zero-order valence-corrected chi connectivity index (χ0v) is 8.87. The standard InChI is InChI=1S/2C4H9NO2/c2*1-3(5-2)4(6)7/h2*3,5H,1-2H3,(H,6,7)/t2*3-/m11/s1. The Balaban J connectivity index is 0. The molecule has 0 fully saturated rings. The van der Waals surface area contributed by atoms with Gasteiger partial charge in [-0.15, -0.1) is 0 Å². The normalized spacial score (nSPS) is 13.4. The Morgan fingerprint density at radius 1 is 0.929 bits per heavy atom. The Morgan fingerprint density at radius 3 is 1.14 bits per heavy atom. The molecule has 6 nitrogen and oxygen atoms in total. The van der Waals surface area contributed by atoms with Crippen molar-refractivity contribution in [1.29, 1.82) is 0 Å². The van der Waals surface area contributed by atoms with E-state index in [4.69, 9.17) is 10.2 Å². The van der Waals surface area contributed by atoms with Crippen LogP contribution in [-0.2, 0) is 9.59 Å². The summed E-state index contributed by atoms with van der Waals surface area (Å²) in [6.07, 6.45) is 0. The number of rotatable bonds is 4. The summed E-state index contributed by atoms with van der Waals surface area (Å²) in [6, 6.07) is -0.861. The molecule has 0 bridgehead atoms. The Kier molecular flexibility index (Phi) is 9.27. The number of carboxylic acids is 2. The third-order valence-corrected chi connectivity index (χ3v) is 1.61. The van der Waals surface area contributed by atoms with E-state index in [-0.39, 0.29) is 0 Å². The van der Waals surface area contributed by atoms with Crippen molar-refractivity contribution in [3.63, 3.8) is 0 Å². The van der Waals surface area contributed by atoms with Crippen LogP contribution in [0.5, 0.6) is 0 Å². The van der Waals surface area contributed by atoms with Crippen LogP contribution in [0.1, 0.15) is 13.8 Å². The van der Waals surface area contributed by atoms with Crippen LogP contribution in [0.25, 0.3) is 0 Å². The summed E-state index contributed by atoms with van der Waals surface area (Å²) in [5.74, 6) is -1.63. The quantitative estimate of drug-likeness (QED) is 0.488. The highest BCUT2D eigenvalue weighted by molar-refractivity contribution is 5.73. The van der Waals surface area contributed by atoms with E-state index in [9.17, 15) is 9.59 Å². The minimum Gasteiger partial charge on any atom is -0.480 e. The molecule has 14 heavy (non-hydrogen) atoms. The molecule has 0 radical (unpaired) electrons. The summed E-state index contributed by atoms with van der Waals surface area (Å²) in [5.41, 5.74) is 0. The number of aliphatic carboxylic acids is 2. The van der Waals surface area contributed by atoms with Gasteiger partial charge in [0.1, 0.15) is 12.1 Å². The number of carbonyl (C=O) groups is 2. The van der Waals surface area contributed by atoms with E-state index >= 15 is 0 Å². The van der Waals surface area contributed by atoms with Crippen molar-refractivity contribution in [1.82, 2.24) is 10.6 Å². The third-order valence-electron chi connectivity index (χ3n) is 1.61. The van der Waals surface area contributed by atoms with Gasteiger partial charge in [0.2, 0.25) is 0 Å². The average molecular weight is 206 g/mol. The zero-order chi connectivity index (χ0) is 11.7. The molecule has 2 atom stereocenters. The molecule has 6 heteroatoms. The lowest BCUT2D eigenvalue weighted by Gasteiger charge is -1.99. The van der Waals surface area contributed by atoms with Gasteiger partial charge in [-0.05, 0) is 27.9 Å². The van der Waals surface area contributed by atoms with Gasteiger partial charge in [-0.3, -0.25) is 9.59 Å². The van der Waals surface area contributed by atoms with Gasteiger partial charge in [0, 0.05) is 0 Å². The molecule has 0 aromatic carbocycles. The van der Waals surface area contributed by atoms with Crippen LogP contribution >= 0.6 is 0 Å². The molecule has 0 aliphatic rings. The van der Waals surface area contributed by atoms with Crippen LogP contribution in [0.15, 0.2) is 0 Å². The fourth-order valence-electron chi connectivity index (χ4n) is 0.247. The lowest BCUT2D eigenvalue weighted by molar-refractivity contribution is -0.139. The minimum atomic E-state index is -0.817. The van der Waals surface area contributed by atoms with Gasteiger partial charge in [-0.25, -0.2) is 0 Å².